The Morgan fingerprint density at radius 1 is 0.870 bits per heavy atom. The average Bonchev–Trinajstić information content (AvgIpc) is 3.31. The quantitative estimate of drug-likeness (QED) is 0.532. The van der Waals surface area contributed by atoms with Crippen LogP contribution in [0, 0.1) is 34.5 Å². The molecule has 0 aromatic heterocycles. The first-order chi connectivity index (χ1) is 10.7. The van der Waals surface area contributed by atoms with Crippen LogP contribution in [-0.4, -0.2) is 11.7 Å². The molecule has 7 unspecified atom stereocenters. The molecule has 134 valence electrons. The topological polar surface area (TPSA) is 12.5 Å². The molecular weight excluding hydrogens is 280 g/mol. The lowest BCUT2D eigenvalue weighted by Crippen LogP contribution is -2.40. The Morgan fingerprint density at radius 3 is 2.04 bits per heavy atom. The summed E-state index contributed by atoms with van der Waals surface area (Å²) in [4.78, 5) is 0. The second-order valence-electron chi connectivity index (χ2n) is 10.4. The molecule has 0 amide bonds. The third kappa shape index (κ3) is 3.24. The van der Waals surface area contributed by atoms with Crippen LogP contribution in [0.5, 0.6) is 0 Å². The predicted octanol–water partition coefficient (Wildman–Crippen LogP) is 6.46. The Balaban J connectivity index is 0.000000753. The van der Waals surface area contributed by atoms with Gasteiger partial charge in [-0.05, 0) is 86.4 Å². The maximum absolute atomic E-state index is 5.99. The van der Waals surface area contributed by atoms with Gasteiger partial charge in [0, 0.05) is 0 Å². The van der Waals surface area contributed by atoms with E-state index in [1.807, 2.05) is 13.8 Å². The molecule has 4 aliphatic rings. The van der Waals surface area contributed by atoms with Gasteiger partial charge in [-0.15, -0.1) is 0 Å². The van der Waals surface area contributed by atoms with E-state index in [1.54, 1.807) is 0 Å². The van der Waals surface area contributed by atoms with Crippen molar-refractivity contribution in [2.75, 3.05) is 0 Å². The Hall–Kier alpha value is -0.0400. The number of hydrogen-bond donors (Lipinski definition) is 0. The summed E-state index contributed by atoms with van der Waals surface area (Å²) in [5, 5.41) is 0. The number of epoxide rings is 1. The lowest BCUT2D eigenvalue weighted by Gasteiger charge is -2.46. The largest absolute Gasteiger partial charge is 0.366 e. The van der Waals surface area contributed by atoms with Gasteiger partial charge in [-0.1, -0.05) is 41.5 Å². The van der Waals surface area contributed by atoms with E-state index < -0.39 is 0 Å². The Labute approximate surface area is 144 Å². The summed E-state index contributed by atoms with van der Waals surface area (Å²) in [6, 6.07) is 0. The highest BCUT2D eigenvalue weighted by Gasteiger charge is 2.59. The molecule has 0 aromatic rings. The summed E-state index contributed by atoms with van der Waals surface area (Å²) < 4.78 is 5.99. The zero-order valence-corrected chi connectivity index (χ0v) is 16.7. The Kier molecular flexibility index (Phi) is 4.44. The fourth-order valence-corrected chi connectivity index (χ4v) is 6.56. The van der Waals surface area contributed by atoms with Gasteiger partial charge >= 0.3 is 0 Å². The summed E-state index contributed by atoms with van der Waals surface area (Å²) in [7, 11) is 0. The van der Waals surface area contributed by atoms with Gasteiger partial charge in [0.25, 0.3) is 0 Å². The van der Waals surface area contributed by atoms with Crippen molar-refractivity contribution in [3.8, 4) is 0 Å². The van der Waals surface area contributed by atoms with Gasteiger partial charge in [-0.3, -0.25) is 0 Å². The second-order valence-corrected chi connectivity index (χ2v) is 10.4. The van der Waals surface area contributed by atoms with Crippen molar-refractivity contribution < 1.29 is 4.74 Å². The molecule has 1 heteroatoms. The Morgan fingerprint density at radius 2 is 1.48 bits per heavy atom. The SMILES string of the molecule is CC.CC(C)(C)C(C1CCC2CC2(C)C1)C1CCC2OC2(C)C1. The van der Waals surface area contributed by atoms with Crippen LogP contribution >= 0.6 is 0 Å². The van der Waals surface area contributed by atoms with Crippen LogP contribution in [0.3, 0.4) is 0 Å². The summed E-state index contributed by atoms with van der Waals surface area (Å²) in [6.45, 7) is 16.4. The first kappa shape index (κ1) is 17.8. The first-order valence-electron chi connectivity index (χ1n) is 10.4. The van der Waals surface area contributed by atoms with Crippen molar-refractivity contribution in [2.24, 2.45) is 34.5 Å². The molecule has 4 rings (SSSR count). The van der Waals surface area contributed by atoms with Gasteiger partial charge < -0.3 is 4.74 Å². The molecule has 3 saturated carbocycles. The summed E-state index contributed by atoms with van der Waals surface area (Å²) in [5.41, 5.74) is 1.43. The monoisotopic (exact) mass is 320 g/mol. The minimum atomic E-state index is 0.257. The predicted molar refractivity (Wildman–Crippen MR) is 98.5 cm³/mol. The summed E-state index contributed by atoms with van der Waals surface area (Å²) >= 11 is 0. The number of ether oxygens (including phenoxy) is 1. The van der Waals surface area contributed by atoms with Gasteiger partial charge in [0.15, 0.2) is 0 Å². The van der Waals surface area contributed by atoms with E-state index in [9.17, 15) is 0 Å². The van der Waals surface area contributed by atoms with Crippen LogP contribution in [0.4, 0.5) is 0 Å². The number of fused-ring (bicyclic) bond motifs is 2. The lowest BCUT2D eigenvalue weighted by molar-refractivity contribution is 0.0305. The van der Waals surface area contributed by atoms with Crippen LogP contribution < -0.4 is 0 Å². The molecule has 4 fully saturated rings. The Bertz CT molecular complexity index is 402. The van der Waals surface area contributed by atoms with E-state index in [-0.39, 0.29) is 5.60 Å². The second kappa shape index (κ2) is 5.75. The molecule has 3 aliphatic carbocycles. The van der Waals surface area contributed by atoms with Crippen LogP contribution in [-0.2, 0) is 4.74 Å². The number of hydrogen-bond acceptors (Lipinski definition) is 1. The maximum Gasteiger partial charge on any atom is 0.0923 e. The van der Waals surface area contributed by atoms with Gasteiger partial charge in [0.2, 0.25) is 0 Å². The highest BCUT2D eigenvalue weighted by atomic mass is 16.6. The molecule has 0 N–H and O–H groups in total. The average molecular weight is 321 g/mol. The fourth-order valence-electron chi connectivity index (χ4n) is 6.56. The zero-order chi connectivity index (χ0) is 17.0. The van der Waals surface area contributed by atoms with E-state index in [2.05, 4.69) is 34.6 Å². The van der Waals surface area contributed by atoms with Crippen molar-refractivity contribution in [3.05, 3.63) is 0 Å². The zero-order valence-electron chi connectivity index (χ0n) is 16.7. The normalized spacial score (nSPS) is 49.2. The van der Waals surface area contributed by atoms with Gasteiger partial charge in [0.05, 0.1) is 11.7 Å². The first-order valence-corrected chi connectivity index (χ1v) is 10.4. The van der Waals surface area contributed by atoms with Crippen molar-refractivity contribution in [1.82, 2.24) is 0 Å². The van der Waals surface area contributed by atoms with Crippen molar-refractivity contribution in [1.29, 1.82) is 0 Å². The summed E-state index contributed by atoms with van der Waals surface area (Å²) in [5.74, 6) is 3.85. The third-order valence-corrected chi connectivity index (χ3v) is 7.67. The number of rotatable bonds is 2. The molecule has 1 heterocycles. The molecule has 0 spiro atoms. The van der Waals surface area contributed by atoms with E-state index in [4.69, 9.17) is 4.74 Å². The van der Waals surface area contributed by atoms with Gasteiger partial charge in [0.1, 0.15) is 0 Å². The van der Waals surface area contributed by atoms with Crippen LogP contribution in [0.1, 0.15) is 93.4 Å². The molecule has 1 saturated heterocycles. The molecular formula is C22H40O. The van der Waals surface area contributed by atoms with E-state index in [1.165, 1.54) is 44.9 Å². The molecule has 1 aliphatic heterocycles. The fraction of sp³-hybridized carbons (Fsp3) is 1.00. The maximum atomic E-state index is 5.99. The smallest absolute Gasteiger partial charge is 0.0923 e. The van der Waals surface area contributed by atoms with Crippen molar-refractivity contribution >= 4 is 0 Å². The van der Waals surface area contributed by atoms with Gasteiger partial charge in [-0.25, -0.2) is 0 Å². The highest BCUT2D eigenvalue weighted by molar-refractivity contribution is 5.09. The molecule has 0 aromatic carbocycles. The molecule has 0 bridgehead atoms. The minimum Gasteiger partial charge on any atom is -0.366 e. The lowest BCUT2D eigenvalue weighted by atomic mass is 9.58. The van der Waals surface area contributed by atoms with E-state index in [0.29, 0.717) is 11.5 Å². The highest BCUT2D eigenvalue weighted by Crippen LogP contribution is 2.65. The van der Waals surface area contributed by atoms with Crippen molar-refractivity contribution in [2.45, 2.75) is 105 Å². The van der Waals surface area contributed by atoms with Gasteiger partial charge in [-0.2, -0.15) is 0 Å². The minimum absolute atomic E-state index is 0.257. The van der Waals surface area contributed by atoms with Crippen LogP contribution in [0.25, 0.3) is 0 Å². The van der Waals surface area contributed by atoms with Crippen LogP contribution in [0.15, 0.2) is 0 Å². The van der Waals surface area contributed by atoms with Crippen LogP contribution in [0.2, 0.25) is 0 Å². The molecule has 7 atom stereocenters. The third-order valence-electron chi connectivity index (χ3n) is 7.67. The molecule has 23 heavy (non-hydrogen) atoms. The van der Waals surface area contributed by atoms with E-state index in [0.717, 1.165) is 29.1 Å². The molecule has 1 nitrogen and oxygen atoms in total. The van der Waals surface area contributed by atoms with Crippen molar-refractivity contribution in [3.63, 3.8) is 0 Å². The standard InChI is InChI=1S/C20H34O.C2H6/c1-18(2,3)17(13-6-8-15-12-19(15,4)10-13)14-7-9-16-20(5,11-14)21-16;1-2/h13-17H,6-12H2,1-5H3;1-2H3. The molecule has 0 radical (unpaired) electrons. The summed E-state index contributed by atoms with van der Waals surface area (Å²) in [6.07, 6.45) is 10.7. The van der Waals surface area contributed by atoms with E-state index >= 15 is 0 Å².